The predicted octanol–water partition coefficient (Wildman–Crippen LogP) is 3.82. The molecule has 5 heteroatoms. The van der Waals surface area contributed by atoms with E-state index >= 15 is 0 Å². The van der Waals surface area contributed by atoms with Gasteiger partial charge in [0.1, 0.15) is 11.0 Å². The molecule has 1 N–H and O–H groups in total. The van der Waals surface area contributed by atoms with Gasteiger partial charge < -0.3 is 10.2 Å². The summed E-state index contributed by atoms with van der Waals surface area (Å²) in [6, 6.07) is 3.87. The lowest BCUT2D eigenvalue weighted by atomic mass is 10.1. The number of nitrogens with one attached hydrogen (secondary N) is 1. The Labute approximate surface area is 131 Å². The Morgan fingerprint density at radius 1 is 1.48 bits per heavy atom. The number of rotatable bonds is 7. The van der Waals surface area contributed by atoms with Gasteiger partial charge in [-0.2, -0.15) is 0 Å². The predicted molar refractivity (Wildman–Crippen MR) is 86.9 cm³/mol. The highest BCUT2D eigenvalue weighted by Crippen LogP contribution is 2.29. The van der Waals surface area contributed by atoms with Crippen LogP contribution in [0, 0.1) is 5.92 Å². The van der Waals surface area contributed by atoms with E-state index in [0.717, 1.165) is 32.4 Å². The summed E-state index contributed by atoms with van der Waals surface area (Å²) in [5.74, 6) is 1.20. The Bertz CT molecular complexity index is 500. The van der Waals surface area contributed by atoms with Crippen molar-refractivity contribution in [1.82, 2.24) is 9.88 Å². The molecule has 0 radical (unpaired) electrons. The topological polar surface area (TPSA) is 45.2 Å². The number of aromatic nitrogens is 1. The second-order valence-electron chi connectivity index (χ2n) is 6.07. The molecule has 2 rings (SSSR count). The van der Waals surface area contributed by atoms with E-state index in [4.69, 9.17) is 11.6 Å². The summed E-state index contributed by atoms with van der Waals surface area (Å²) in [6.07, 6.45) is 3.22. The summed E-state index contributed by atoms with van der Waals surface area (Å²) < 4.78 is 0. The molecule has 1 amide bonds. The standard InChI is InChI=1S/C16H24ClN3O/c1-4-7-18-15-9-12(8-14(17)19-15)16(21)20(10-11(2)3)13-5-6-13/h8-9,11,13H,4-7,10H2,1-3H3,(H,18,19). The van der Waals surface area contributed by atoms with Gasteiger partial charge in [-0.25, -0.2) is 4.98 Å². The zero-order valence-electron chi connectivity index (χ0n) is 13.0. The molecule has 1 heterocycles. The molecule has 4 nitrogen and oxygen atoms in total. The third-order valence-electron chi connectivity index (χ3n) is 3.41. The van der Waals surface area contributed by atoms with Gasteiger partial charge in [0.15, 0.2) is 0 Å². The molecule has 0 saturated heterocycles. The van der Waals surface area contributed by atoms with Gasteiger partial charge in [0, 0.05) is 24.7 Å². The maximum Gasteiger partial charge on any atom is 0.254 e. The zero-order chi connectivity index (χ0) is 15.4. The van der Waals surface area contributed by atoms with Gasteiger partial charge >= 0.3 is 0 Å². The number of hydrogen-bond donors (Lipinski definition) is 1. The van der Waals surface area contributed by atoms with E-state index in [-0.39, 0.29) is 5.91 Å². The molecule has 0 bridgehead atoms. The monoisotopic (exact) mass is 309 g/mol. The summed E-state index contributed by atoms with van der Waals surface area (Å²) in [6.45, 7) is 7.97. The van der Waals surface area contributed by atoms with Crippen LogP contribution in [0.5, 0.6) is 0 Å². The van der Waals surface area contributed by atoms with E-state index in [1.54, 1.807) is 12.1 Å². The highest BCUT2D eigenvalue weighted by molar-refractivity contribution is 6.29. The van der Waals surface area contributed by atoms with Crippen LogP contribution in [0.3, 0.4) is 0 Å². The van der Waals surface area contributed by atoms with Crippen molar-refractivity contribution >= 4 is 23.3 Å². The average Bonchev–Trinajstić information content (AvgIpc) is 3.25. The first-order chi connectivity index (χ1) is 10.0. The van der Waals surface area contributed by atoms with E-state index < -0.39 is 0 Å². The lowest BCUT2D eigenvalue weighted by molar-refractivity contribution is 0.0722. The molecule has 1 aliphatic rings. The number of nitrogens with zero attached hydrogens (tertiary/aromatic N) is 2. The van der Waals surface area contributed by atoms with Crippen molar-refractivity contribution in [1.29, 1.82) is 0 Å². The maximum atomic E-state index is 12.8. The second kappa shape index (κ2) is 7.12. The van der Waals surface area contributed by atoms with Crippen molar-refractivity contribution in [2.24, 2.45) is 5.92 Å². The SMILES string of the molecule is CCCNc1cc(C(=O)N(CC(C)C)C2CC2)cc(Cl)n1. The molecule has 1 fully saturated rings. The fourth-order valence-electron chi connectivity index (χ4n) is 2.31. The Hall–Kier alpha value is -1.29. The van der Waals surface area contributed by atoms with Crippen molar-refractivity contribution in [3.63, 3.8) is 0 Å². The van der Waals surface area contributed by atoms with E-state index in [2.05, 4.69) is 31.1 Å². The minimum absolute atomic E-state index is 0.0649. The van der Waals surface area contributed by atoms with Crippen LogP contribution in [-0.2, 0) is 0 Å². The number of halogens is 1. The van der Waals surface area contributed by atoms with Crippen LogP contribution in [0.1, 0.15) is 50.4 Å². The number of hydrogen-bond acceptors (Lipinski definition) is 3. The Morgan fingerprint density at radius 2 is 2.19 bits per heavy atom. The van der Waals surface area contributed by atoms with Gasteiger partial charge in [0.2, 0.25) is 0 Å². The minimum Gasteiger partial charge on any atom is -0.370 e. The molecule has 0 aromatic carbocycles. The zero-order valence-corrected chi connectivity index (χ0v) is 13.8. The molecule has 1 aromatic rings. The molecule has 0 spiro atoms. The van der Waals surface area contributed by atoms with Crippen molar-refractivity contribution in [2.45, 2.75) is 46.1 Å². The van der Waals surface area contributed by atoms with Gasteiger partial charge in [-0.05, 0) is 37.3 Å². The molecular formula is C16H24ClN3O. The highest BCUT2D eigenvalue weighted by Gasteiger charge is 2.33. The molecule has 21 heavy (non-hydrogen) atoms. The van der Waals surface area contributed by atoms with Crippen LogP contribution in [0.2, 0.25) is 5.15 Å². The molecule has 116 valence electrons. The van der Waals surface area contributed by atoms with Crippen LogP contribution in [0.4, 0.5) is 5.82 Å². The van der Waals surface area contributed by atoms with Crippen LogP contribution >= 0.6 is 11.6 Å². The normalized spacial score (nSPS) is 14.3. The average molecular weight is 310 g/mol. The molecule has 1 saturated carbocycles. The van der Waals surface area contributed by atoms with Crippen LogP contribution in [0.25, 0.3) is 0 Å². The Balaban J connectivity index is 2.18. The number of anilines is 1. The number of carbonyl (C=O) groups is 1. The third-order valence-corrected chi connectivity index (χ3v) is 3.60. The summed E-state index contributed by atoms with van der Waals surface area (Å²) in [5.41, 5.74) is 0.626. The highest BCUT2D eigenvalue weighted by atomic mass is 35.5. The molecule has 0 atom stereocenters. The van der Waals surface area contributed by atoms with E-state index in [1.165, 1.54) is 0 Å². The molecular weight excluding hydrogens is 286 g/mol. The van der Waals surface area contributed by atoms with Gasteiger partial charge in [0.05, 0.1) is 0 Å². The van der Waals surface area contributed by atoms with Crippen LogP contribution in [0.15, 0.2) is 12.1 Å². The van der Waals surface area contributed by atoms with Crippen molar-refractivity contribution in [2.75, 3.05) is 18.4 Å². The van der Waals surface area contributed by atoms with Crippen molar-refractivity contribution in [3.8, 4) is 0 Å². The smallest absolute Gasteiger partial charge is 0.254 e. The van der Waals surface area contributed by atoms with E-state index in [0.29, 0.717) is 28.5 Å². The Morgan fingerprint density at radius 3 is 2.76 bits per heavy atom. The van der Waals surface area contributed by atoms with Crippen LogP contribution in [-0.4, -0.2) is 34.9 Å². The largest absolute Gasteiger partial charge is 0.370 e. The first-order valence-electron chi connectivity index (χ1n) is 7.73. The fourth-order valence-corrected chi connectivity index (χ4v) is 2.52. The lowest BCUT2D eigenvalue weighted by Crippen LogP contribution is -2.36. The number of carbonyl (C=O) groups excluding carboxylic acids is 1. The van der Waals surface area contributed by atoms with Gasteiger partial charge in [-0.15, -0.1) is 0 Å². The van der Waals surface area contributed by atoms with Gasteiger partial charge in [-0.3, -0.25) is 4.79 Å². The van der Waals surface area contributed by atoms with Gasteiger partial charge in [0.25, 0.3) is 5.91 Å². The summed E-state index contributed by atoms with van der Waals surface area (Å²) in [7, 11) is 0. The lowest BCUT2D eigenvalue weighted by Gasteiger charge is -2.24. The molecule has 1 aliphatic carbocycles. The molecule has 1 aromatic heterocycles. The second-order valence-corrected chi connectivity index (χ2v) is 6.46. The number of amides is 1. The van der Waals surface area contributed by atoms with Crippen LogP contribution < -0.4 is 5.32 Å². The summed E-state index contributed by atoms with van der Waals surface area (Å²) in [4.78, 5) is 19.0. The van der Waals surface area contributed by atoms with Crippen molar-refractivity contribution < 1.29 is 4.79 Å². The quantitative estimate of drug-likeness (QED) is 0.779. The fraction of sp³-hybridized carbons (Fsp3) is 0.625. The van der Waals surface area contributed by atoms with Gasteiger partial charge in [-0.1, -0.05) is 32.4 Å². The summed E-state index contributed by atoms with van der Waals surface area (Å²) in [5, 5.41) is 3.55. The summed E-state index contributed by atoms with van der Waals surface area (Å²) >= 11 is 6.06. The number of pyridine rings is 1. The van der Waals surface area contributed by atoms with E-state index in [9.17, 15) is 4.79 Å². The van der Waals surface area contributed by atoms with Crippen molar-refractivity contribution in [3.05, 3.63) is 22.8 Å². The molecule has 0 unspecified atom stereocenters. The minimum atomic E-state index is 0.0649. The maximum absolute atomic E-state index is 12.8. The Kier molecular flexibility index (Phi) is 5.45. The third kappa shape index (κ3) is 4.60. The molecule has 0 aliphatic heterocycles. The first kappa shape index (κ1) is 16.1. The first-order valence-corrected chi connectivity index (χ1v) is 8.11. The van der Waals surface area contributed by atoms with E-state index in [1.807, 2.05) is 4.90 Å².